The molecule has 0 aliphatic rings. The van der Waals surface area contributed by atoms with Crippen LogP contribution in [0.2, 0.25) is 0 Å². The molecule has 0 unspecified atom stereocenters. The van der Waals surface area contributed by atoms with E-state index in [2.05, 4.69) is 15.5 Å². The summed E-state index contributed by atoms with van der Waals surface area (Å²) in [7, 11) is 3.02. The predicted octanol–water partition coefficient (Wildman–Crippen LogP) is 3.42. The molecule has 0 amide bonds. The molecule has 0 bridgehead atoms. The number of hydrazone groups is 1. The number of ether oxygens (including phenoxy) is 2. The molecule has 0 fully saturated rings. The van der Waals surface area contributed by atoms with Gasteiger partial charge in [0.15, 0.2) is 11.6 Å². The van der Waals surface area contributed by atoms with Gasteiger partial charge in [-0.3, -0.25) is 9.36 Å². The molecular formula is C21H23FN4O3. The van der Waals surface area contributed by atoms with Crippen molar-refractivity contribution in [1.82, 2.24) is 9.55 Å². The van der Waals surface area contributed by atoms with E-state index >= 15 is 0 Å². The zero-order valence-electron chi connectivity index (χ0n) is 16.6. The van der Waals surface area contributed by atoms with Crippen LogP contribution in [0.4, 0.5) is 10.3 Å². The number of para-hydroxylation sites is 1. The number of methoxy groups -OCH3 is 2. The van der Waals surface area contributed by atoms with Gasteiger partial charge in [-0.25, -0.2) is 14.8 Å². The highest BCUT2D eigenvalue weighted by Gasteiger charge is 2.11. The smallest absolute Gasteiger partial charge is 0.262 e. The lowest BCUT2D eigenvalue weighted by atomic mass is 10.1. The van der Waals surface area contributed by atoms with Crippen LogP contribution in [-0.2, 0) is 11.3 Å². The van der Waals surface area contributed by atoms with Crippen LogP contribution in [0.1, 0.15) is 18.9 Å². The number of anilines is 1. The standard InChI is InChI=1S/C21H23FN4O3/c1-14(15-9-10-19(29-3)17(22)13-15)24-25-21-23-18-8-5-4-7-16(18)20(27)26(21)11-6-12-28-2/h4-5,7-10,13H,6,11-12H2,1-3H3,(H,23,25)/b24-14-. The van der Waals surface area contributed by atoms with Crippen LogP contribution in [0, 0.1) is 5.82 Å². The Kier molecular flexibility index (Phi) is 6.56. The monoisotopic (exact) mass is 398 g/mol. The average molecular weight is 398 g/mol. The molecule has 0 aliphatic heterocycles. The van der Waals surface area contributed by atoms with Gasteiger partial charge in [-0.1, -0.05) is 12.1 Å². The molecule has 3 aromatic rings. The van der Waals surface area contributed by atoms with Gasteiger partial charge in [0.25, 0.3) is 5.56 Å². The molecule has 1 N–H and O–H groups in total. The van der Waals surface area contributed by atoms with E-state index in [-0.39, 0.29) is 11.3 Å². The SMILES string of the molecule is COCCCn1c(N/N=C(/C)c2ccc(OC)c(F)c2)nc2ccccc2c1=O. The summed E-state index contributed by atoms with van der Waals surface area (Å²) in [5, 5.41) is 4.84. The van der Waals surface area contributed by atoms with Crippen molar-refractivity contribution in [3.05, 3.63) is 64.2 Å². The van der Waals surface area contributed by atoms with Gasteiger partial charge >= 0.3 is 0 Å². The normalized spacial score (nSPS) is 11.7. The van der Waals surface area contributed by atoms with E-state index in [0.717, 1.165) is 0 Å². The first kappa shape index (κ1) is 20.5. The fourth-order valence-electron chi connectivity index (χ4n) is 2.92. The number of rotatable bonds is 8. The lowest BCUT2D eigenvalue weighted by Crippen LogP contribution is -2.25. The predicted molar refractivity (Wildman–Crippen MR) is 111 cm³/mol. The van der Waals surface area contributed by atoms with Crippen LogP contribution in [0.15, 0.2) is 52.4 Å². The average Bonchev–Trinajstić information content (AvgIpc) is 2.73. The molecule has 29 heavy (non-hydrogen) atoms. The second-order valence-electron chi connectivity index (χ2n) is 6.41. The first-order valence-electron chi connectivity index (χ1n) is 9.18. The Morgan fingerprint density at radius 2 is 2.03 bits per heavy atom. The van der Waals surface area contributed by atoms with Crippen LogP contribution in [0.3, 0.4) is 0 Å². The molecule has 0 atom stereocenters. The van der Waals surface area contributed by atoms with E-state index in [1.807, 2.05) is 6.07 Å². The van der Waals surface area contributed by atoms with E-state index in [1.54, 1.807) is 44.4 Å². The first-order valence-corrected chi connectivity index (χ1v) is 9.18. The van der Waals surface area contributed by atoms with Crippen molar-refractivity contribution in [2.24, 2.45) is 5.10 Å². The van der Waals surface area contributed by atoms with Gasteiger partial charge in [0.1, 0.15) is 0 Å². The number of halogens is 1. The molecule has 152 valence electrons. The molecule has 0 radical (unpaired) electrons. The lowest BCUT2D eigenvalue weighted by molar-refractivity contribution is 0.190. The van der Waals surface area contributed by atoms with Crippen LogP contribution >= 0.6 is 0 Å². The minimum atomic E-state index is -0.472. The van der Waals surface area contributed by atoms with Crippen LogP contribution in [-0.4, -0.2) is 36.1 Å². The minimum absolute atomic E-state index is 0.155. The third-order valence-corrected chi connectivity index (χ3v) is 4.48. The molecule has 7 nitrogen and oxygen atoms in total. The Hall–Kier alpha value is -3.26. The van der Waals surface area contributed by atoms with E-state index in [4.69, 9.17) is 9.47 Å². The first-order chi connectivity index (χ1) is 14.0. The van der Waals surface area contributed by atoms with Gasteiger partial charge < -0.3 is 9.47 Å². The fraction of sp³-hybridized carbons (Fsp3) is 0.286. The highest BCUT2D eigenvalue weighted by Crippen LogP contribution is 2.18. The molecule has 0 spiro atoms. The van der Waals surface area contributed by atoms with Crippen molar-refractivity contribution in [2.75, 3.05) is 26.3 Å². The van der Waals surface area contributed by atoms with E-state index in [9.17, 15) is 9.18 Å². The number of fused-ring (bicyclic) bond motifs is 1. The van der Waals surface area contributed by atoms with Gasteiger partial charge in [-0.2, -0.15) is 5.10 Å². The molecule has 1 aromatic heterocycles. The Balaban J connectivity index is 1.95. The van der Waals surface area contributed by atoms with Crippen LogP contribution in [0.25, 0.3) is 10.9 Å². The zero-order valence-corrected chi connectivity index (χ0v) is 16.6. The molecule has 8 heteroatoms. The van der Waals surface area contributed by atoms with E-state index in [1.165, 1.54) is 17.7 Å². The largest absolute Gasteiger partial charge is 0.494 e. The molecule has 3 rings (SSSR count). The van der Waals surface area contributed by atoms with Crippen molar-refractivity contribution >= 4 is 22.6 Å². The number of nitrogens with one attached hydrogen (secondary N) is 1. The van der Waals surface area contributed by atoms with Gasteiger partial charge in [0, 0.05) is 25.8 Å². The molecular weight excluding hydrogens is 375 g/mol. The van der Waals surface area contributed by atoms with Crippen LogP contribution < -0.4 is 15.7 Å². The van der Waals surface area contributed by atoms with Crippen molar-refractivity contribution < 1.29 is 13.9 Å². The topological polar surface area (TPSA) is 77.7 Å². The van der Waals surface area contributed by atoms with Gasteiger partial charge in [0.2, 0.25) is 5.95 Å². The molecule has 0 saturated carbocycles. The Morgan fingerprint density at radius 3 is 2.76 bits per heavy atom. The lowest BCUT2D eigenvalue weighted by Gasteiger charge is -2.13. The van der Waals surface area contributed by atoms with Crippen molar-refractivity contribution in [1.29, 1.82) is 0 Å². The van der Waals surface area contributed by atoms with Crippen molar-refractivity contribution in [3.8, 4) is 5.75 Å². The summed E-state index contributed by atoms with van der Waals surface area (Å²) in [5.41, 5.74) is 4.41. The zero-order chi connectivity index (χ0) is 20.8. The summed E-state index contributed by atoms with van der Waals surface area (Å²) in [6.07, 6.45) is 0.650. The van der Waals surface area contributed by atoms with Crippen molar-refractivity contribution in [3.63, 3.8) is 0 Å². The molecule has 2 aromatic carbocycles. The summed E-state index contributed by atoms with van der Waals surface area (Å²) in [6.45, 7) is 2.69. The molecule has 1 heterocycles. The highest BCUT2D eigenvalue weighted by atomic mass is 19.1. The maximum Gasteiger partial charge on any atom is 0.262 e. The van der Waals surface area contributed by atoms with E-state index < -0.39 is 5.82 Å². The Morgan fingerprint density at radius 1 is 1.24 bits per heavy atom. The van der Waals surface area contributed by atoms with Gasteiger partial charge in [-0.05, 0) is 43.7 Å². The minimum Gasteiger partial charge on any atom is -0.494 e. The third kappa shape index (κ3) is 4.60. The van der Waals surface area contributed by atoms with Gasteiger partial charge in [0.05, 0.1) is 23.7 Å². The number of nitrogens with zero attached hydrogens (tertiary/aromatic N) is 3. The number of aromatic nitrogens is 2. The summed E-state index contributed by atoms with van der Waals surface area (Å²) >= 11 is 0. The van der Waals surface area contributed by atoms with Gasteiger partial charge in [-0.15, -0.1) is 0 Å². The summed E-state index contributed by atoms with van der Waals surface area (Å²) in [6, 6.07) is 11.7. The summed E-state index contributed by atoms with van der Waals surface area (Å²) in [5.74, 6) is 0.00989. The third-order valence-electron chi connectivity index (χ3n) is 4.48. The number of hydrogen-bond acceptors (Lipinski definition) is 6. The maximum atomic E-state index is 14.0. The highest BCUT2D eigenvalue weighted by molar-refractivity contribution is 5.99. The Labute approximate surface area is 167 Å². The van der Waals surface area contributed by atoms with Crippen molar-refractivity contribution in [2.45, 2.75) is 19.9 Å². The molecule has 0 saturated heterocycles. The number of hydrogen-bond donors (Lipinski definition) is 1. The van der Waals surface area contributed by atoms with E-state index in [0.29, 0.717) is 47.7 Å². The molecule has 0 aliphatic carbocycles. The Bertz CT molecular complexity index is 1090. The summed E-state index contributed by atoms with van der Waals surface area (Å²) < 4.78 is 25.5. The maximum absolute atomic E-state index is 14.0. The summed E-state index contributed by atoms with van der Waals surface area (Å²) in [4.78, 5) is 17.4. The quantitative estimate of drug-likeness (QED) is 0.357. The van der Waals surface area contributed by atoms with Crippen LogP contribution in [0.5, 0.6) is 5.75 Å². The fourth-order valence-corrected chi connectivity index (χ4v) is 2.92. The second kappa shape index (κ2) is 9.29. The second-order valence-corrected chi connectivity index (χ2v) is 6.41. The number of benzene rings is 2.